The minimum Gasteiger partial charge on any atom is -0.480 e. The monoisotopic (exact) mass is 749 g/mol. The normalized spacial score (nSPS) is 11.9. The summed E-state index contributed by atoms with van der Waals surface area (Å²) < 4.78 is 0. The molecule has 0 saturated heterocycles. The number of nitro benzene ring substituents is 2. The Morgan fingerprint density at radius 1 is 0.907 bits per heavy atom. The number of nitro groups is 2. The van der Waals surface area contributed by atoms with Gasteiger partial charge in [-0.25, -0.2) is 19.6 Å². The van der Waals surface area contributed by atoms with E-state index in [-0.39, 0.29) is 67.1 Å². The minimum atomic E-state index is -1.48. The quantitative estimate of drug-likeness (QED) is 0.0385. The van der Waals surface area contributed by atoms with Crippen molar-refractivity contribution in [1.29, 1.82) is 0 Å². The average molecular weight is 750 g/mol. The maximum absolute atomic E-state index is 12.8. The van der Waals surface area contributed by atoms with Crippen LogP contribution in [0.3, 0.4) is 0 Å². The van der Waals surface area contributed by atoms with Crippen LogP contribution in [-0.4, -0.2) is 82.4 Å². The highest BCUT2D eigenvalue weighted by molar-refractivity contribution is 5.97. The third kappa shape index (κ3) is 10.6. The smallest absolute Gasteiger partial charge is 0.326 e. The summed E-state index contributed by atoms with van der Waals surface area (Å²) in [7, 11) is 0. The molecule has 9 N–H and O–H groups in total. The molecular weight excluding hydrogens is 714 g/mol. The Kier molecular flexibility index (Phi) is 13.0. The van der Waals surface area contributed by atoms with E-state index < -0.39 is 69.0 Å². The number of amides is 2. The van der Waals surface area contributed by atoms with Crippen molar-refractivity contribution in [3.63, 3.8) is 0 Å². The van der Waals surface area contributed by atoms with Gasteiger partial charge in [0.25, 0.3) is 22.8 Å². The molecule has 2 heterocycles. The lowest BCUT2D eigenvalue weighted by Crippen LogP contribution is -2.44. The fourth-order valence-electron chi connectivity index (χ4n) is 5.19. The number of rotatable bonds is 19. The van der Waals surface area contributed by atoms with Gasteiger partial charge in [-0.1, -0.05) is 0 Å². The van der Waals surface area contributed by atoms with E-state index in [1.807, 2.05) is 0 Å². The fourth-order valence-corrected chi connectivity index (χ4v) is 5.19. The summed E-state index contributed by atoms with van der Waals surface area (Å²) in [5.41, 5.74) is 5.26. The molecule has 2 atom stereocenters. The molecule has 0 spiro atoms. The highest BCUT2D eigenvalue weighted by Gasteiger charge is 2.27. The van der Waals surface area contributed by atoms with Gasteiger partial charge in [0.1, 0.15) is 12.1 Å². The lowest BCUT2D eigenvalue weighted by molar-refractivity contribution is -0.392. The summed E-state index contributed by atoms with van der Waals surface area (Å²) in [6.45, 7) is 1.68. The fraction of sp³-hybridized carbons (Fsp3) is 0.312. The zero-order valence-electron chi connectivity index (χ0n) is 28.5. The number of nitrogen functional groups attached to an aromatic ring is 1. The van der Waals surface area contributed by atoms with E-state index in [4.69, 9.17) is 5.73 Å². The van der Waals surface area contributed by atoms with Crippen molar-refractivity contribution in [1.82, 2.24) is 30.6 Å². The predicted octanol–water partition coefficient (Wildman–Crippen LogP) is 1.85. The molecule has 0 radical (unpaired) electrons. The number of hydrogen-bond acceptors (Lipinski definition) is 15. The van der Waals surface area contributed by atoms with E-state index in [1.165, 1.54) is 37.4 Å². The van der Waals surface area contributed by atoms with Crippen molar-refractivity contribution >= 4 is 63.6 Å². The van der Waals surface area contributed by atoms with Crippen LogP contribution in [0.2, 0.25) is 0 Å². The van der Waals surface area contributed by atoms with Crippen molar-refractivity contribution < 1.29 is 39.2 Å². The number of unbranched alkanes of at least 4 members (excludes halogenated alkanes) is 1. The molecule has 2 amide bonds. The van der Waals surface area contributed by atoms with Crippen molar-refractivity contribution in [3.05, 3.63) is 90.0 Å². The van der Waals surface area contributed by atoms with Gasteiger partial charge >= 0.3 is 11.9 Å². The first-order valence-electron chi connectivity index (χ1n) is 16.2. The van der Waals surface area contributed by atoms with Crippen LogP contribution in [0.5, 0.6) is 0 Å². The van der Waals surface area contributed by atoms with Gasteiger partial charge in [-0.2, -0.15) is 4.98 Å². The number of carbonyl (C=O) groups is 4. The number of benzene rings is 2. The summed E-state index contributed by atoms with van der Waals surface area (Å²) in [6.07, 6.45) is 1.01. The topological polar surface area (TPSA) is 341 Å². The predicted molar refractivity (Wildman–Crippen MR) is 191 cm³/mol. The third-order valence-electron chi connectivity index (χ3n) is 7.86. The van der Waals surface area contributed by atoms with Crippen molar-refractivity contribution in [2.75, 3.05) is 22.9 Å². The molecule has 2 aromatic carbocycles. The van der Waals surface area contributed by atoms with E-state index in [0.717, 1.165) is 0 Å². The summed E-state index contributed by atoms with van der Waals surface area (Å²) in [5, 5.41) is 52.5. The summed E-state index contributed by atoms with van der Waals surface area (Å²) in [6, 6.07) is 5.53. The highest BCUT2D eigenvalue weighted by atomic mass is 16.6. The largest absolute Gasteiger partial charge is 0.480 e. The summed E-state index contributed by atoms with van der Waals surface area (Å²) in [4.78, 5) is 97.1. The molecular formula is C32H35N11O11. The van der Waals surface area contributed by atoms with Gasteiger partial charge in [0.2, 0.25) is 11.9 Å². The standard InChI is InChI=1S/C32H35N11O11/c1-16-12-22(42(51)52)25(23(13-16)43(53)54)34-11-3-2-4-20(30(47)48)38-24(44)10-9-21(31(49)50)39-28(45)17-5-7-18(8-6-17)35-14-19-15-36-27-26(37-19)29(46)41-32(33)40-27/h5-8,12-13,15,20-21,34-35H,2-4,9-11,14H2,1H3,(H,38,44)(H,39,45)(H,47,48)(H,49,50)(H3,33,36,40,41,46)/t20-,21-/m0/s1. The van der Waals surface area contributed by atoms with Crippen LogP contribution in [0, 0.1) is 27.2 Å². The second kappa shape index (κ2) is 17.8. The Labute approximate surface area is 303 Å². The number of H-pyrrole nitrogens is 1. The lowest BCUT2D eigenvalue weighted by atomic mass is 10.1. The Balaban J connectivity index is 1.23. The first-order valence-corrected chi connectivity index (χ1v) is 16.2. The molecule has 0 unspecified atom stereocenters. The van der Waals surface area contributed by atoms with Gasteiger partial charge in [0.15, 0.2) is 16.9 Å². The number of carboxylic acids is 2. The maximum atomic E-state index is 12.8. The van der Waals surface area contributed by atoms with Gasteiger partial charge in [0.05, 0.1) is 28.3 Å². The zero-order chi connectivity index (χ0) is 39.5. The number of nitrogens with two attached hydrogens (primary N) is 1. The van der Waals surface area contributed by atoms with E-state index in [1.54, 1.807) is 12.1 Å². The molecule has 0 aliphatic carbocycles. The maximum Gasteiger partial charge on any atom is 0.326 e. The van der Waals surface area contributed by atoms with Gasteiger partial charge < -0.3 is 37.2 Å². The van der Waals surface area contributed by atoms with Crippen LogP contribution in [-0.2, 0) is 20.9 Å². The van der Waals surface area contributed by atoms with Gasteiger partial charge in [-0.15, -0.1) is 0 Å². The molecule has 2 aromatic heterocycles. The number of anilines is 3. The molecule has 0 aliphatic heterocycles. The number of nitrogens with zero attached hydrogens (tertiary/aromatic N) is 5. The number of aromatic nitrogens is 4. The Bertz CT molecular complexity index is 2110. The molecule has 54 heavy (non-hydrogen) atoms. The molecule has 284 valence electrons. The van der Waals surface area contributed by atoms with Crippen LogP contribution in [0.15, 0.2) is 47.4 Å². The first-order chi connectivity index (χ1) is 25.6. The molecule has 22 heteroatoms. The number of aromatic amines is 1. The zero-order valence-corrected chi connectivity index (χ0v) is 28.5. The van der Waals surface area contributed by atoms with Crippen LogP contribution >= 0.6 is 0 Å². The second-order valence-corrected chi connectivity index (χ2v) is 11.9. The van der Waals surface area contributed by atoms with Gasteiger partial charge in [-0.3, -0.25) is 39.6 Å². The van der Waals surface area contributed by atoms with E-state index in [2.05, 4.69) is 41.2 Å². The number of fused-ring (bicyclic) bond motifs is 1. The van der Waals surface area contributed by atoms with Crippen molar-refractivity contribution in [2.24, 2.45) is 0 Å². The van der Waals surface area contributed by atoms with Crippen LogP contribution in [0.4, 0.5) is 28.7 Å². The van der Waals surface area contributed by atoms with Crippen LogP contribution in [0.25, 0.3) is 11.2 Å². The highest BCUT2D eigenvalue weighted by Crippen LogP contribution is 2.35. The molecule has 4 rings (SSSR count). The van der Waals surface area contributed by atoms with Crippen LogP contribution in [0.1, 0.15) is 53.7 Å². The van der Waals surface area contributed by atoms with E-state index in [9.17, 15) is 54.4 Å². The SMILES string of the molecule is Cc1cc([N+](=O)[O-])c(NCCCC[C@H](NC(=O)CC[C@H](NC(=O)c2ccc(NCc3cnc4nc(N)[nH]c(=O)c4n3)cc2)C(=O)O)C(=O)O)c([N+](=O)[O-])c1. The molecule has 0 saturated carbocycles. The molecule has 0 fully saturated rings. The van der Waals surface area contributed by atoms with Gasteiger partial charge in [-0.05, 0) is 62.4 Å². The lowest BCUT2D eigenvalue weighted by Gasteiger charge is -2.17. The van der Waals surface area contributed by atoms with Crippen molar-refractivity contribution in [2.45, 2.75) is 57.7 Å². The number of nitrogens with one attached hydrogen (secondary N) is 5. The Hall–Kier alpha value is -7.26. The average Bonchev–Trinajstić information content (AvgIpc) is 3.11. The summed E-state index contributed by atoms with van der Waals surface area (Å²) >= 11 is 0. The number of aliphatic carboxylic acids is 2. The summed E-state index contributed by atoms with van der Waals surface area (Å²) in [5.74, 6) is -4.37. The minimum absolute atomic E-state index is 0.0108. The number of carbonyl (C=O) groups excluding carboxylic acids is 2. The molecule has 0 bridgehead atoms. The van der Waals surface area contributed by atoms with Crippen LogP contribution < -0.4 is 32.6 Å². The first kappa shape index (κ1) is 39.5. The number of hydrogen-bond donors (Lipinski definition) is 8. The van der Waals surface area contributed by atoms with E-state index in [0.29, 0.717) is 16.9 Å². The Morgan fingerprint density at radius 2 is 1.54 bits per heavy atom. The molecule has 4 aromatic rings. The number of carboxylic acid groups (broad SMARTS) is 2. The second-order valence-electron chi connectivity index (χ2n) is 11.9. The van der Waals surface area contributed by atoms with Crippen molar-refractivity contribution in [3.8, 4) is 0 Å². The van der Waals surface area contributed by atoms with E-state index >= 15 is 0 Å². The number of aryl methyl sites for hydroxylation is 1. The Morgan fingerprint density at radius 3 is 2.15 bits per heavy atom. The molecule has 0 aliphatic rings. The third-order valence-corrected chi connectivity index (χ3v) is 7.86. The van der Waals surface area contributed by atoms with Gasteiger partial charge in [0, 0.05) is 36.3 Å². The molecule has 22 nitrogen and oxygen atoms in total.